The molecule has 4 rings (SSSR count). The van der Waals surface area contributed by atoms with Crippen molar-refractivity contribution >= 4 is 46.7 Å². The number of nitrogens with zero attached hydrogens (tertiary/aromatic N) is 4. The number of anilines is 5. The van der Waals surface area contributed by atoms with E-state index in [1.54, 1.807) is 31.4 Å². The molecule has 1 aromatic heterocycles. The maximum Gasteiger partial charge on any atom is 0.211 e. The summed E-state index contributed by atoms with van der Waals surface area (Å²) in [6.07, 6.45) is 1.97. The number of hydrogen-bond acceptors (Lipinski definition) is 9. The van der Waals surface area contributed by atoms with Crippen LogP contribution in [0.3, 0.4) is 0 Å². The first-order valence-electron chi connectivity index (χ1n) is 11.7. The first kappa shape index (κ1) is 26.4. The number of halogens is 2. The molecule has 2 heterocycles. The fraction of sp³-hybridized carbons (Fsp3) is 0.320. The van der Waals surface area contributed by atoms with Crippen molar-refractivity contribution in [3.63, 3.8) is 0 Å². The van der Waals surface area contributed by atoms with Crippen LogP contribution in [-0.2, 0) is 4.79 Å². The second-order valence-corrected chi connectivity index (χ2v) is 8.88. The molecule has 3 aromatic rings. The van der Waals surface area contributed by atoms with E-state index in [4.69, 9.17) is 21.1 Å². The summed E-state index contributed by atoms with van der Waals surface area (Å²) in [5, 5.41) is 8.94. The lowest BCUT2D eigenvalue weighted by Crippen LogP contribution is -2.45. The van der Waals surface area contributed by atoms with Crippen molar-refractivity contribution in [2.45, 2.75) is 0 Å². The van der Waals surface area contributed by atoms with Crippen molar-refractivity contribution in [3.05, 3.63) is 53.6 Å². The third kappa shape index (κ3) is 7.19. The summed E-state index contributed by atoms with van der Waals surface area (Å²) >= 11 is 5.86. The third-order valence-corrected chi connectivity index (χ3v) is 6.19. The topological polar surface area (TPSA) is 104 Å². The van der Waals surface area contributed by atoms with Crippen LogP contribution in [0.25, 0.3) is 0 Å². The molecule has 1 fully saturated rings. The minimum Gasteiger partial charge on any atom is -0.494 e. The molecule has 1 aliphatic rings. The van der Waals surface area contributed by atoms with Crippen LogP contribution in [0, 0.1) is 5.82 Å². The van der Waals surface area contributed by atoms with Gasteiger partial charge in [-0.05, 0) is 31.3 Å². The summed E-state index contributed by atoms with van der Waals surface area (Å²) in [5.41, 5.74) is 1.63. The lowest BCUT2D eigenvalue weighted by Gasteiger charge is -2.32. The van der Waals surface area contributed by atoms with Crippen LogP contribution in [0.5, 0.6) is 11.5 Å². The number of nitrogens with one attached hydrogen (secondary N) is 3. The molecule has 1 aliphatic heterocycles. The van der Waals surface area contributed by atoms with Gasteiger partial charge in [-0.2, -0.15) is 0 Å². The molecule has 0 saturated carbocycles. The van der Waals surface area contributed by atoms with Crippen molar-refractivity contribution in [1.82, 2.24) is 19.8 Å². The molecule has 0 radical (unpaired) electrons. The Bertz CT molecular complexity index is 1220. The Balaban J connectivity index is 1.47. The van der Waals surface area contributed by atoms with E-state index in [9.17, 15) is 9.18 Å². The Morgan fingerprint density at radius 1 is 1.03 bits per heavy atom. The highest BCUT2D eigenvalue weighted by Crippen LogP contribution is 2.38. The molecule has 12 heteroatoms. The van der Waals surface area contributed by atoms with E-state index in [1.807, 2.05) is 0 Å². The van der Waals surface area contributed by atoms with Gasteiger partial charge in [-0.25, -0.2) is 14.4 Å². The number of methoxy groups -OCH3 is 1. The zero-order valence-electron chi connectivity index (χ0n) is 20.6. The van der Waals surface area contributed by atoms with Crippen LogP contribution in [-0.4, -0.2) is 79.7 Å². The molecule has 1 saturated heterocycles. The Morgan fingerprint density at radius 3 is 2.49 bits per heavy atom. The molecule has 196 valence electrons. The quantitative estimate of drug-likeness (QED) is 0.318. The zero-order valence-corrected chi connectivity index (χ0v) is 21.4. The summed E-state index contributed by atoms with van der Waals surface area (Å²) in [6, 6.07) is 9.40. The summed E-state index contributed by atoms with van der Waals surface area (Å²) in [4.78, 5) is 24.4. The maximum absolute atomic E-state index is 13.5. The molecule has 3 N–H and O–H groups in total. The Morgan fingerprint density at radius 2 is 1.78 bits per heavy atom. The summed E-state index contributed by atoms with van der Waals surface area (Å²) in [7, 11) is 3.67. The average molecular weight is 530 g/mol. The highest BCUT2D eigenvalue weighted by molar-refractivity contribution is 6.31. The first-order chi connectivity index (χ1) is 17.9. The van der Waals surface area contributed by atoms with Gasteiger partial charge >= 0.3 is 0 Å². The molecular formula is C25H29ClFN7O3. The normalized spacial score (nSPS) is 14.2. The fourth-order valence-electron chi connectivity index (χ4n) is 3.83. The highest BCUT2D eigenvalue weighted by atomic mass is 35.5. The van der Waals surface area contributed by atoms with Gasteiger partial charge in [-0.15, -0.1) is 0 Å². The molecule has 0 aliphatic carbocycles. The Labute approximate surface area is 219 Å². The van der Waals surface area contributed by atoms with Gasteiger partial charge in [0.25, 0.3) is 0 Å². The maximum atomic E-state index is 13.5. The van der Waals surface area contributed by atoms with Crippen LogP contribution in [0.1, 0.15) is 0 Å². The van der Waals surface area contributed by atoms with E-state index in [0.717, 1.165) is 32.7 Å². The van der Waals surface area contributed by atoms with Gasteiger partial charge < -0.3 is 30.3 Å². The van der Waals surface area contributed by atoms with Crippen molar-refractivity contribution in [2.75, 3.05) is 69.4 Å². The van der Waals surface area contributed by atoms with Crippen LogP contribution in [0.4, 0.5) is 33.1 Å². The molecule has 0 unspecified atom stereocenters. The number of amides is 1. The number of piperazine rings is 1. The minimum absolute atomic E-state index is 0.00295. The molecule has 2 aromatic carbocycles. The first-order valence-corrected chi connectivity index (χ1v) is 12.1. The van der Waals surface area contributed by atoms with Gasteiger partial charge in [-0.1, -0.05) is 11.6 Å². The number of ether oxygens (including phenoxy) is 2. The number of hydrogen-bond donors (Lipinski definition) is 3. The number of aromatic nitrogens is 2. The van der Waals surface area contributed by atoms with E-state index in [-0.39, 0.29) is 5.02 Å². The standard InChI is InChI=1S/C25H29ClFN7O3/c1-33-5-7-34(8-6-33)9-10-37-23-13-22(36-2)21(12-20(23)30-16-35)32-25-14-24(28-15-29-25)31-17-3-4-19(27)18(26)11-17/h3-4,11-16H,5-10H2,1-2H3,(H,30,35)(H2,28,29,31,32). The Hall–Kier alpha value is -3.67. The van der Waals surface area contributed by atoms with Gasteiger partial charge in [0.05, 0.1) is 23.5 Å². The number of rotatable bonds is 11. The van der Waals surface area contributed by atoms with E-state index in [0.29, 0.717) is 53.2 Å². The van der Waals surface area contributed by atoms with Gasteiger partial charge in [0.2, 0.25) is 6.41 Å². The number of carbonyl (C=O) groups excluding carboxylic acids is 1. The number of carbonyl (C=O) groups is 1. The van der Waals surface area contributed by atoms with Crippen molar-refractivity contribution in [3.8, 4) is 11.5 Å². The van der Waals surface area contributed by atoms with E-state index in [2.05, 4.69) is 42.8 Å². The lowest BCUT2D eigenvalue weighted by molar-refractivity contribution is -0.105. The van der Waals surface area contributed by atoms with Crippen LogP contribution in [0.2, 0.25) is 5.02 Å². The van der Waals surface area contributed by atoms with Crippen molar-refractivity contribution in [2.24, 2.45) is 0 Å². The third-order valence-electron chi connectivity index (χ3n) is 5.90. The van der Waals surface area contributed by atoms with E-state index >= 15 is 0 Å². The predicted octanol–water partition coefficient (Wildman–Crippen LogP) is 3.96. The van der Waals surface area contributed by atoms with Crippen LogP contribution < -0.4 is 25.4 Å². The monoisotopic (exact) mass is 529 g/mol. The number of likely N-dealkylation sites (N-methyl/N-ethyl adjacent to an activating group) is 1. The van der Waals surface area contributed by atoms with E-state index in [1.165, 1.54) is 18.5 Å². The minimum atomic E-state index is -0.504. The second kappa shape index (κ2) is 12.5. The largest absolute Gasteiger partial charge is 0.494 e. The van der Waals surface area contributed by atoms with Crippen LogP contribution in [0.15, 0.2) is 42.7 Å². The second-order valence-electron chi connectivity index (χ2n) is 8.47. The fourth-order valence-corrected chi connectivity index (χ4v) is 4.01. The number of benzene rings is 2. The van der Waals surface area contributed by atoms with E-state index < -0.39 is 5.82 Å². The molecule has 0 atom stereocenters. The molecule has 0 bridgehead atoms. The van der Waals surface area contributed by atoms with Gasteiger partial charge in [0.1, 0.15) is 41.9 Å². The lowest BCUT2D eigenvalue weighted by atomic mass is 10.2. The van der Waals surface area contributed by atoms with Gasteiger partial charge in [0.15, 0.2) is 0 Å². The molecule has 0 spiro atoms. The van der Waals surface area contributed by atoms with Crippen molar-refractivity contribution < 1.29 is 18.7 Å². The van der Waals surface area contributed by atoms with Crippen molar-refractivity contribution in [1.29, 1.82) is 0 Å². The molecule has 10 nitrogen and oxygen atoms in total. The summed E-state index contributed by atoms with van der Waals surface area (Å²) in [6.45, 7) is 5.31. The van der Waals surface area contributed by atoms with Crippen LogP contribution >= 0.6 is 11.6 Å². The van der Waals surface area contributed by atoms with Gasteiger partial charge in [0, 0.05) is 50.5 Å². The highest BCUT2D eigenvalue weighted by Gasteiger charge is 2.16. The smallest absolute Gasteiger partial charge is 0.211 e. The zero-order chi connectivity index (χ0) is 26.2. The Kier molecular flexibility index (Phi) is 8.94. The summed E-state index contributed by atoms with van der Waals surface area (Å²) in [5.74, 6) is 1.43. The predicted molar refractivity (Wildman–Crippen MR) is 142 cm³/mol. The van der Waals surface area contributed by atoms with Gasteiger partial charge in [-0.3, -0.25) is 9.69 Å². The average Bonchev–Trinajstić information content (AvgIpc) is 2.89. The molecule has 1 amide bonds. The summed E-state index contributed by atoms with van der Waals surface area (Å²) < 4.78 is 25.0. The molecular weight excluding hydrogens is 501 g/mol. The molecule has 37 heavy (non-hydrogen) atoms. The SMILES string of the molecule is COc1cc(OCCN2CCN(C)CC2)c(NC=O)cc1Nc1cc(Nc2ccc(F)c(Cl)c2)ncn1.